The van der Waals surface area contributed by atoms with E-state index >= 15 is 0 Å². The topological polar surface area (TPSA) is 72.1 Å². The number of likely N-dealkylation sites (tertiary alicyclic amines) is 1. The van der Waals surface area contributed by atoms with E-state index in [1.165, 1.54) is 5.56 Å². The van der Waals surface area contributed by atoms with E-state index in [9.17, 15) is 4.79 Å². The lowest BCUT2D eigenvalue weighted by Crippen LogP contribution is -2.31. The summed E-state index contributed by atoms with van der Waals surface area (Å²) in [5.41, 5.74) is 9.05. The van der Waals surface area contributed by atoms with Crippen molar-refractivity contribution >= 4 is 42.1 Å². The Morgan fingerprint density at radius 3 is 2.62 bits per heavy atom. The molecule has 1 fully saturated rings. The van der Waals surface area contributed by atoms with E-state index in [-0.39, 0.29) is 30.7 Å². The molecule has 2 atom stereocenters. The quantitative estimate of drug-likeness (QED) is 0.641. The molecule has 1 saturated heterocycles. The fourth-order valence-corrected chi connectivity index (χ4v) is 4.48. The van der Waals surface area contributed by atoms with Crippen LogP contribution in [0.1, 0.15) is 17.2 Å². The van der Waals surface area contributed by atoms with Gasteiger partial charge in [-0.1, -0.05) is 30.3 Å². The van der Waals surface area contributed by atoms with Gasteiger partial charge in [0.2, 0.25) is 5.91 Å². The number of hydrogen-bond acceptors (Lipinski definition) is 5. The molecule has 4 rings (SSSR count). The number of pyridine rings is 1. The average molecular weight is 451 g/mol. The first-order valence-corrected chi connectivity index (χ1v) is 10.00. The fraction of sp³-hybridized carbons (Fsp3) is 0.286. The molecule has 154 valence electrons. The zero-order valence-corrected chi connectivity index (χ0v) is 18.3. The molecule has 1 amide bonds. The van der Waals surface area contributed by atoms with Crippen LogP contribution in [0, 0.1) is 5.92 Å². The maximum atomic E-state index is 12.8. The lowest BCUT2D eigenvalue weighted by molar-refractivity contribution is -0.129. The second-order valence-corrected chi connectivity index (χ2v) is 7.73. The number of thiazole rings is 1. The zero-order valence-electron chi connectivity index (χ0n) is 15.8. The second kappa shape index (κ2) is 10.7. The van der Waals surface area contributed by atoms with Crippen LogP contribution >= 0.6 is 36.2 Å². The lowest BCUT2D eigenvalue weighted by atomic mass is 9.89. The Balaban J connectivity index is 0.00000150. The van der Waals surface area contributed by atoms with Crippen molar-refractivity contribution in [3.05, 3.63) is 71.5 Å². The number of rotatable bonds is 5. The smallest absolute Gasteiger partial charge is 0.228 e. The SMILES string of the molecule is Cl.Cl.NC[C@@H]1CN(C(=O)Cc2csc(-c3cccnc3)n2)C[C@H]1c1ccccc1. The first kappa shape index (κ1) is 23.3. The summed E-state index contributed by atoms with van der Waals surface area (Å²) in [5.74, 6) is 0.731. The maximum absolute atomic E-state index is 12.8. The minimum Gasteiger partial charge on any atom is -0.341 e. The highest BCUT2D eigenvalue weighted by atomic mass is 35.5. The van der Waals surface area contributed by atoms with Gasteiger partial charge in [0, 0.05) is 42.3 Å². The molecule has 3 aromatic rings. The van der Waals surface area contributed by atoms with Gasteiger partial charge >= 0.3 is 0 Å². The van der Waals surface area contributed by atoms with Gasteiger partial charge in [0.15, 0.2) is 0 Å². The number of carbonyl (C=O) groups excluding carboxylic acids is 1. The van der Waals surface area contributed by atoms with E-state index in [1.807, 2.05) is 40.6 Å². The van der Waals surface area contributed by atoms with Crippen molar-refractivity contribution in [1.82, 2.24) is 14.9 Å². The number of nitrogens with zero attached hydrogens (tertiary/aromatic N) is 3. The second-order valence-electron chi connectivity index (χ2n) is 6.87. The molecule has 29 heavy (non-hydrogen) atoms. The molecule has 1 aromatic carbocycles. The number of hydrogen-bond donors (Lipinski definition) is 1. The molecule has 0 aliphatic carbocycles. The van der Waals surface area contributed by atoms with Crippen LogP contribution in [0.4, 0.5) is 0 Å². The molecule has 0 radical (unpaired) electrons. The number of nitrogens with two attached hydrogens (primary N) is 1. The highest BCUT2D eigenvalue weighted by Gasteiger charge is 2.35. The first-order chi connectivity index (χ1) is 13.2. The van der Waals surface area contributed by atoms with Gasteiger partial charge in [-0.25, -0.2) is 4.98 Å². The Hall–Kier alpha value is -1.99. The monoisotopic (exact) mass is 450 g/mol. The van der Waals surface area contributed by atoms with Gasteiger partial charge in [-0.05, 0) is 30.2 Å². The van der Waals surface area contributed by atoms with Crippen LogP contribution in [0.5, 0.6) is 0 Å². The first-order valence-electron chi connectivity index (χ1n) is 9.12. The van der Waals surface area contributed by atoms with Gasteiger partial charge in [0.25, 0.3) is 0 Å². The molecule has 2 N–H and O–H groups in total. The third-order valence-electron chi connectivity index (χ3n) is 5.12. The van der Waals surface area contributed by atoms with Crippen LogP contribution in [0.15, 0.2) is 60.2 Å². The molecule has 0 unspecified atom stereocenters. The average Bonchev–Trinajstić information content (AvgIpc) is 3.36. The Morgan fingerprint density at radius 1 is 1.14 bits per heavy atom. The summed E-state index contributed by atoms with van der Waals surface area (Å²) in [6, 6.07) is 14.2. The highest BCUT2D eigenvalue weighted by molar-refractivity contribution is 7.13. The minimum atomic E-state index is 0. The van der Waals surface area contributed by atoms with Gasteiger partial charge in [-0.3, -0.25) is 9.78 Å². The predicted octanol–water partition coefficient (Wildman–Crippen LogP) is 3.79. The summed E-state index contributed by atoms with van der Waals surface area (Å²) in [6.45, 7) is 2.03. The fourth-order valence-electron chi connectivity index (χ4n) is 3.67. The van der Waals surface area contributed by atoms with Crippen LogP contribution in [-0.4, -0.2) is 40.4 Å². The normalized spacial score (nSPS) is 18.0. The summed E-state index contributed by atoms with van der Waals surface area (Å²) in [5, 5.41) is 2.86. The van der Waals surface area contributed by atoms with Gasteiger partial charge in [0.1, 0.15) is 5.01 Å². The van der Waals surface area contributed by atoms with Crippen LogP contribution in [0.25, 0.3) is 10.6 Å². The highest BCUT2D eigenvalue weighted by Crippen LogP contribution is 2.32. The number of aromatic nitrogens is 2. The zero-order chi connectivity index (χ0) is 18.6. The van der Waals surface area contributed by atoms with Crippen LogP contribution < -0.4 is 5.73 Å². The summed E-state index contributed by atoms with van der Waals surface area (Å²) >= 11 is 1.55. The molecular weight excluding hydrogens is 427 g/mol. The summed E-state index contributed by atoms with van der Waals surface area (Å²) in [7, 11) is 0. The molecule has 5 nitrogen and oxygen atoms in total. The molecule has 8 heteroatoms. The van der Waals surface area contributed by atoms with Crippen LogP contribution in [0.2, 0.25) is 0 Å². The van der Waals surface area contributed by atoms with Gasteiger partial charge in [0.05, 0.1) is 12.1 Å². The molecular formula is C21H24Cl2N4OS. The Bertz CT molecular complexity index is 907. The Morgan fingerprint density at radius 2 is 1.93 bits per heavy atom. The number of amides is 1. The van der Waals surface area contributed by atoms with Gasteiger partial charge in [-0.2, -0.15) is 0 Å². The van der Waals surface area contributed by atoms with E-state index in [2.05, 4.69) is 22.1 Å². The molecule has 3 heterocycles. The Kier molecular flexibility index (Phi) is 8.59. The van der Waals surface area contributed by atoms with Crippen molar-refractivity contribution in [3.8, 4) is 10.6 Å². The third kappa shape index (κ3) is 5.34. The van der Waals surface area contributed by atoms with E-state index < -0.39 is 0 Å². The van der Waals surface area contributed by atoms with Crippen molar-refractivity contribution < 1.29 is 4.79 Å². The van der Waals surface area contributed by atoms with E-state index in [0.717, 1.165) is 22.8 Å². The van der Waals surface area contributed by atoms with Crippen LogP contribution in [-0.2, 0) is 11.2 Å². The molecule has 0 bridgehead atoms. The summed E-state index contributed by atoms with van der Waals surface area (Å²) in [6.07, 6.45) is 3.86. The number of carbonyl (C=O) groups is 1. The summed E-state index contributed by atoms with van der Waals surface area (Å²) in [4.78, 5) is 23.5. The maximum Gasteiger partial charge on any atom is 0.228 e. The Labute approximate surface area is 187 Å². The number of benzene rings is 1. The summed E-state index contributed by atoms with van der Waals surface area (Å²) < 4.78 is 0. The van der Waals surface area contributed by atoms with Crippen molar-refractivity contribution in [2.24, 2.45) is 11.7 Å². The molecule has 1 aliphatic heterocycles. The molecule has 1 aliphatic rings. The van der Waals surface area contributed by atoms with Gasteiger partial charge < -0.3 is 10.6 Å². The molecule has 0 spiro atoms. The predicted molar refractivity (Wildman–Crippen MR) is 122 cm³/mol. The van der Waals surface area contributed by atoms with E-state index in [1.54, 1.807) is 23.7 Å². The molecule has 2 aromatic heterocycles. The largest absolute Gasteiger partial charge is 0.341 e. The third-order valence-corrected chi connectivity index (χ3v) is 6.06. The minimum absolute atomic E-state index is 0. The number of halogens is 2. The van der Waals surface area contributed by atoms with E-state index in [0.29, 0.717) is 31.3 Å². The van der Waals surface area contributed by atoms with Gasteiger partial charge in [-0.15, -0.1) is 36.2 Å². The molecule has 0 saturated carbocycles. The van der Waals surface area contributed by atoms with Crippen LogP contribution in [0.3, 0.4) is 0 Å². The van der Waals surface area contributed by atoms with Crippen molar-refractivity contribution in [3.63, 3.8) is 0 Å². The van der Waals surface area contributed by atoms with Crippen molar-refractivity contribution in [1.29, 1.82) is 0 Å². The standard InChI is InChI=1S/C21H22N4OS.2ClH/c22-10-17-12-25(13-19(17)15-5-2-1-3-6-15)20(26)9-18-14-27-21(24-18)16-7-4-8-23-11-16;;/h1-8,11,14,17,19H,9-10,12-13,22H2;2*1H/t17-,19+;;/m1../s1. The van der Waals surface area contributed by atoms with Crippen molar-refractivity contribution in [2.75, 3.05) is 19.6 Å². The lowest BCUT2D eigenvalue weighted by Gasteiger charge is -2.16. The van der Waals surface area contributed by atoms with E-state index in [4.69, 9.17) is 5.73 Å². The van der Waals surface area contributed by atoms with Crippen molar-refractivity contribution in [2.45, 2.75) is 12.3 Å².